The first-order valence-corrected chi connectivity index (χ1v) is 15.7. The second kappa shape index (κ2) is 14.1. The Hall–Kier alpha value is -3.57. The molecule has 0 spiro atoms. The van der Waals surface area contributed by atoms with Crippen LogP contribution in [0.25, 0.3) is 0 Å². The van der Waals surface area contributed by atoms with E-state index < -0.39 is 40.1 Å². The van der Waals surface area contributed by atoms with Crippen LogP contribution in [0.1, 0.15) is 83.2 Å². The summed E-state index contributed by atoms with van der Waals surface area (Å²) in [4.78, 5) is 49.4. The molecule has 3 atom stereocenters. The van der Waals surface area contributed by atoms with Crippen molar-refractivity contribution < 1.29 is 34.3 Å². The number of rotatable bonds is 11. The second-order valence-corrected chi connectivity index (χ2v) is 13.4. The number of carbonyl (C=O) groups is 3. The van der Waals surface area contributed by atoms with Crippen LogP contribution in [-0.4, -0.2) is 49.8 Å². The molecular weight excluding hydrogens is 578 g/mol. The van der Waals surface area contributed by atoms with E-state index in [1.54, 1.807) is 0 Å². The molecule has 9 nitrogen and oxygen atoms in total. The fourth-order valence-corrected chi connectivity index (χ4v) is 8.32. The van der Waals surface area contributed by atoms with Gasteiger partial charge >= 0.3 is 5.97 Å². The van der Waals surface area contributed by atoms with Gasteiger partial charge in [-0.05, 0) is 62.6 Å². The summed E-state index contributed by atoms with van der Waals surface area (Å²) in [6, 6.07) is 9.00. The Balaban J connectivity index is 1.33. The van der Waals surface area contributed by atoms with Gasteiger partial charge in [0.1, 0.15) is 17.6 Å². The largest absolute Gasteiger partial charge is 0.507 e. The summed E-state index contributed by atoms with van der Waals surface area (Å²) < 4.78 is 5.92. The number of non-ortho nitro benzene ring substituents is 1. The van der Waals surface area contributed by atoms with Gasteiger partial charge in [-0.1, -0.05) is 30.2 Å². The molecule has 2 aromatic rings. The molecule has 1 aliphatic heterocycles. The number of unbranched alkanes of at least 4 members (excludes halogenated alkanes) is 1. The Morgan fingerprint density at radius 1 is 1.10 bits per heavy atom. The number of aromatic hydroxyl groups is 2. The van der Waals surface area contributed by atoms with Crippen LogP contribution in [0.4, 0.5) is 5.69 Å². The third-order valence-corrected chi connectivity index (χ3v) is 10.3. The van der Waals surface area contributed by atoms with Gasteiger partial charge in [-0.3, -0.25) is 24.5 Å². The minimum atomic E-state index is -1.01. The molecule has 1 unspecified atom stereocenters. The molecule has 11 heteroatoms. The van der Waals surface area contributed by atoms with E-state index in [1.165, 1.54) is 12.1 Å². The predicted octanol–water partition coefficient (Wildman–Crippen LogP) is 7.08. The number of hydrogen-bond donors (Lipinski definition) is 2. The third kappa shape index (κ3) is 7.63. The van der Waals surface area contributed by atoms with E-state index >= 15 is 0 Å². The zero-order valence-electron chi connectivity index (χ0n) is 23.4. The van der Waals surface area contributed by atoms with Gasteiger partial charge in [-0.25, -0.2) is 0 Å². The molecule has 0 bridgehead atoms. The molecule has 0 amide bonds. The van der Waals surface area contributed by atoms with Gasteiger partial charge in [0.15, 0.2) is 11.6 Å². The van der Waals surface area contributed by atoms with Crippen LogP contribution in [0, 0.1) is 10.1 Å². The summed E-state index contributed by atoms with van der Waals surface area (Å²) in [5.74, 6) is -1.61. The Morgan fingerprint density at radius 3 is 2.45 bits per heavy atom. The number of ether oxygens (including phenoxy) is 1. The number of esters is 1. The molecule has 1 fully saturated rings. The van der Waals surface area contributed by atoms with Crippen molar-refractivity contribution in [2.75, 3.05) is 5.75 Å². The van der Waals surface area contributed by atoms with E-state index in [0.717, 1.165) is 54.4 Å². The summed E-state index contributed by atoms with van der Waals surface area (Å²) >= 11 is 3.68. The third-order valence-electron chi connectivity index (χ3n) is 7.10. The molecule has 2 N–H and O–H groups in total. The van der Waals surface area contributed by atoms with Crippen molar-refractivity contribution in [3.63, 3.8) is 0 Å². The number of benzene rings is 2. The Kier molecular flexibility index (Phi) is 10.5. The maximum atomic E-state index is 13.3. The SMILES string of the molecule is CC(C)=CC[C@@H](OC(=O)CCCC[C@@H]1CCSC(c2ccc([N+](=O)[O-])cc2)S1)C1=CC(=O)c2c(O)ccc(O)c2C1=O. The van der Waals surface area contributed by atoms with Gasteiger partial charge < -0.3 is 14.9 Å². The first kappa shape index (κ1) is 31.4. The zero-order chi connectivity index (χ0) is 30.4. The van der Waals surface area contributed by atoms with Crippen molar-refractivity contribution >= 4 is 46.7 Å². The highest BCUT2D eigenvalue weighted by atomic mass is 32.2. The van der Waals surface area contributed by atoms with Crippen LogP contribution in [-0.2, 0) is 9.53 Å². The van der Waals surface area contributed by atoms with E-state index in [4.69, 9.17) is 4.74 Å². The van der Waals surface area contributed by atoms with Crippen LogP contribution in [0.15, 0.2) is 59.7 Å². The van der Waals surface area contributed by atoms with Gasteiger partial charge in [0.2, 0.25) is 0 Å². The smallest absolute Gasteiger partial charge is 0.306 e. The van der Waals surface area contributed by atoms with Crippen LogP contribution in [0.5, 0.6) is 11.5 Å². The minimum absolute atomic E-state index is 0.0346. The van der Waals surface area contributed by atoms with Crippen molar-refractivity contribution in [2.24, 2.45) is 0 Å². The molecule has 1 heterocycles. The van der Waals surface area contributed by atoms with Gasteiger partial charge in [-0.15, -0.1) is 23.5 Å². The molecule has 2 aromatic carbocycles. The minimum Gasteiger partial charge on any atom is -0.507 e. The molecule has 4 rings (SSSR count). The topological polar surface area (TPSA) is 144 Å². The van der Waals surface area contributed by atoms with Crippen LogP contribution >= 0.6 is 23.5 Å². The first-order valence-electron chi connectivity index (χ1n) is 13.7. The highest BCUT2D eigenvalue weighted by Gasteiger charge is 2.35. The number of carbonyl (C=O) groups excluding carboxylic acids is 3. The quantitative estimate of drug-likeness (QED) is 0.0675. The first-order chi connectivity index (χ1) is 20.0. The van der Waals surface area contributed by atoms with Gasteiger partial charge in [0.05, 0.1) is 20.6 Å². The molecule has 0 radical (unpaired) electrons. The number of thioether (sulfide) groups is 2. The van der Waals surface area contributed by atoms with E-state index in [0.29, 0.717) is 11.7 Å². The van der Waals surface area contributed by atoms with Crippen molar-refractivity contribution in [3.8, 4) is 11.5 Å². The van der Waals surface area contributed by atoms with Crippen molar-refractivity contribution in [2.45, 2.75) is 68.3 Å². The van der Waals surface area contributed by atoms with Crippen molar-refractivity contribution in [1.82, 2.24) is 0 Å². The van der Waals surface area contributed by atoms with Crippen LogP contribution < -0.4 is 0 Å². The molecule has 1 saturated heterocycles. The average molecular weight is 612 g/mol. The number of nitro benzene ring substituents is 1. The fourth-order valence-electron chi connectivity index (χ4n) is 4.89. The number of phenolic OH excluding ortho intramolecular Hbond substituents is 2. The number of fused-ring (bicyclic) bond motifs is 1. The van der Waals surface area contributed by atoms with Gasteiger partial charge in [-0.2, -0.15) is 0 Å². The van der Waals surface area contributed by atoms with E-state index in [-0.39, 0.29) is 39.8 Å². The maximum Gasteiger partial charge on any atom is 0.306 e. The lowest BCUT2D eigenvalue weighted by atomic mass is 9.85. The molecule has 2 aliphatic rings. The molecular formula is C31H33NO8S2. The number of allylic oxidation sites excluding steroid dienone is 2. The fraction of sp³-hybridized carbons (Fsp3) is 0.387. The standard InChI is InChI=1S/C31H33NO8S2/c1-18(2)7-14-26(22-17-25(35)28-23(33)12-13-24(34)29(28)30(22)37)40-27(36)6-4-3-5-21-15-16-41-31(42-21)19-8-10-20(11-9-19)32(38)39/h7-13,17,21,26,31,33-34H,3-6,14-16H2,1-2H3/t21-,26-,31?/m1/s1. The Bertz CT molecular complexity index is 1430. The number of nitrogens with zero attached hydrogens (tertiary/aromatic N) is 1. The molecule has 1 aliphatic carbocycles. The Labute approximate surface area is 252 Å². The van der Waals surface area contributed by atoms with Gasteiger partial charge in [0.25, 0.3) is 5.69 Å². The van der Waals surface area contributed by atoms with E-state index in [1.807, 2.05) is 55.6 Å². The number of phenols is 2. The molecule has 222 valence electrons. The summed E-state index contributed by atoms with van der Waals surface area (Å²) in [6.07, 6.45) is 5.60. The highest BCUT2D eigenvalue weighted by Crippen LogP contribution is 2.48. The van der Waals surface area contributed by atoms with E-state index in [2.05, 4.69) is 0 Å². The second-order valence-electron chi connectivity index (χ2n) is 10.5. The number of hydrogen-bond acceptors (Lipinski definition) is 10. The van der Waals surface area contributed by atoms with Crippen molar-refractivity contribution in [1.29, 1.82) is 0 Å². The van der Waals surface area contributed by atoms with Crippen LogP contribution in [0.2, 0.25) is 0 Å². The monoisotopic (exact) mass is 611 g/mol. The van der Waals surface area contributed by atoms with Crippen LogP contribution in [0.3, 0.4) is 0 Å². The zero-order valence-corrected chi connectivity index (χ0v) is 25.0. The molecule has 42 heavy (non-hydrogen) atoms. The molecule has 0 saturated carbocycles. The lowest BCUT2D eigenvalue weighted by Gasteiger charge is -2.28. The van der Waals surface area contributed by atoms with Crippen molar-refractivity contribution in [3.05, 3.63) is 86.5 Å². The van der Waals surface area contributed by atoms with Gasteiger partial charge in [0, 0.05) is 35.8 Å². The normalized spacial score (nSPS) is 19.0. The predicted molar refractivity (Wildman–Crippen MR) is 163 cm³/mol. The number of nitro groups is 1. The lowest BCUT2D eigenvalue weighted by molar-refractivity contribution is -0.384. The van der Waals surface area contributed by atoms with E-state index in [9.17, 15) is 34.7 Å². The Morgan fingerprint density at radius 2 is 1.79 bits per heavy atom. The molecule has 0 aromatic heterocycles. The summed E-state index contributed by atoms with van der Waals surface area (Å²) in [7, 11) is 0. The summed E-state index contributed by atoms with van der Waals surface area (Å²) in [5, 5.41) is 31.7. The lowest BCUT2D eigenvalue weighted by Crippen LogP contribution is -2.29. The maximum absolute atomic E-state index is 13.3. The average Bonchev–Trinajstić information content (AvgIpc) is 2.96. The highest BCUT2D eigenvalue weighted by molar-refractivity contribution is 8.17. The number of ketones is 2. The summed E-state index contributed by atoms with van der Waals surface area (Å²) in [5.41, 5.74) is 1.50. The summed E-state index contributed by atoms with van der Waals surface area (Å²) in [6.45, 7) is 3.74. The number of Topliss-reactive ketones (excluding diaryl/α,β-unsaturated/α-hetero) is 1.